The van der Waals surface area contributed by atoms with Gasteiger partial charge in [0.2, 0.25) is 0 Å². The van der Waals surface area contributed by atoms with E-state index in [4.69, 9.17) is 9.47 Å². The van der Waals surface area contributed by atoms with E-state index in [0.717, 1.165) is 25.1 Å². The summed E-state index contributed by atoms with van der Waals surface area (Å²) in [6.45, 7) is 7.99. The lowest BCUT2D eigenvalue weighted by atomic mass is 10.2. The molecular weight excluding hydrogens is 254 g/mol. The summed E-state index contributed by atoms with van der Waals surface area (Å²) in [6.07, 6.45) is 1.02. The van der Waals surface area contributed by atoms with Crippen LogP contribution in [0.3, 0.4) is 0 Å². The molecule has 112 valence electrons. The van der Waals surface area contributed by atoms with Gasteiger partial charge >= 0.3 is 5.97 Å². The predicted octanol–water partition coefficient (Wildman–Crippen LogP) is 2.91. The average Bonchev–Trinajstić information content (AvgIpc) is 2.45. The predicted molar refractivity (Wildman–Crippen MR) is 79.8 cm³/mol. The standard InChI is InChI=1S/C16H25NO3/c1-4-8-15(16(18)19-6-3)20-14-10-7-9-13(11-14)12-17-5-2/h7,9-11,15,17H,4-6,8,12H2,1-3H3. The first-order chi connectivity index (χ1) is 9.71. The van der Waals surface area contributed by atoms with Crippen molar-refractivity contribution in [1.29, 1.82) is 0 Å². The van der Waals surface area contributed by atoms with E-state index in [0.29, 0.717) is 18.8 Å². The van der Waals surface area contributed by atoms with Crippen molar-refractivity contribution in [1.82, 2.24) is 5.32 Å². The van der Waals surface area contributed by atoms with Crippen molar-refractivity contribution >= 4 is 5.97 Å². The van der Waals surface area contributed by atoms with Gasteiger partial charge in [-0.1, -0.05) is 32.4 Å². The number of nitrogens with one attached hydrogen (secondary N) is 1. The second kappa shape index (κ2) is 9.37. The summed E-state index contributed by atoms with van der Waals surface area (Å²) in [5.74, 6) is 0.429. The number of esters is 1. The Hall–Kier alpha value is -1.55. The van der Waals surface area contributed by atoms with Gasteiger partial charge < -0.3 is 14.8 Å². The van der Waals surface area contributed by atoms with Crippen LogP contribution in [0.4, 0.5) is 0 Å². The van der Waals surface area contributed by atoms with Gasteiger partial charge in [-0.15, -0.1) is 0 Å². The average molecular weight is 279 g/mol. The lowest BCUT2D eigenvalue weighted by molar-refractivity contribution is -0.151. The smallest absolute Gasteiger partial charge is 0.347 e. The van der Waals surface area contributed by atoms with Crippen molar-refractivity contribution in [2.45, 2.75) is 46.3 Å². The third-order valence-corrected chi connectivity index (χ3v) is 2.86. The number of hydrogen-bond acceptors (Lipinski definition) is 4. The summed E-state index contributed by atoms with van der Waals surface area (Å²) in [5.41, 5.74) is 1.14. The Morgan fingerprint density at radius 1 is 1.30 bits per heavy atom. The fourth-order valence-electron chi connectivity index (χ4n) is 1.88. The minimum atomic E-state index is -0.519. The zero-order valence-corrected chi connectivity index (χ0v) is 12.6. The number of hydrogen-bond donors (Lipinski definition) is 1. The quantitative estimate of drug-likeness (QED) is 0.706. The zero-order valence-electron chi connectivity index (χ0n) is 12.6. The maximum atomic E-state index is 11.8. The van der Waals surface area contributed by atoms with E-state index < -0.39 is 6.10 Å². The molecule has 0 radical (unpaired) electrons. The van der Waals surface area contributed by atoms with E-state index in [1.165, 1.54) is 0 Å². The molecule has 0 aliphatic heterocycles. The van der Waals surface area contributed by atoms with Gasteiger partial charge in [0.05, 0.1) is 6.61 Å². The molecule has 0 aliphatic carbocycles. The van der Waals surface area contributed by atoms with E-state index in [9.17, 15) is 4.79 Å². The molecule has 0 saturated heterocycles. The van der Waals surface area contributed by atoms with E-state index >= 15 is 0 Å². The zero-order chi connectivity index (χ0) is 14.8. The molecule has 4 nitrogen and oxygen atoms in total. The molecule has 1 aromatic carbocycles. The number of rotatable bonds is 9. The minimum Gasteiger partial charge on any atom is -0.479 e. The molecule has 0 fully saturated rings. The monoisotopic (exact) mass is 279 g/mol. The van der Waals surface area contributed by atoms with Crippen molar-refractivity contribution in [2.24, 2.45) is 0 Å². The van der Waals surface area contributed by atoms with Gasteiger partial charge in [-0.3, -0.25) is 0 Å². The van der Waals surface area contributed by atoms with Crippen LogP contribution in [0.1, 0.15) is 39.2 Å². The highest BCUT2D eigenvalue weighted by molar-refractivity contribution is 5.75. The number of ether oxygens (including phenoxy) is 2. The highest BCUT2D eigenvalue weighted by Gasteiger charge is 2.20. The summed E-state index contributed by atoms with van der Waals surface area (Å²) in [6, 6.07) is 7.81. The summed E-state index contributed by atoms with van der Waals surface area (Å²) in [5, 5.41) is 3.27. The second-order valence-corrected chi connectivity index (χ2v) is 4.57. The van der Waals surface area contributed by atoms with Crippen LogP contribution in [0.15, 0.2) is 24.3 Å². The first-order valence-electron chi connectivity index (χ1n) is 7.34. The molecule has 1 N–H and O–H groups in total. The molecule has 1 rings (SSSR count). The van der Waals surface area contributed by atoms with Gasteiger partial charge in [-0.05, 0) is 37.6 Å². The molecule has 1 aromatic rings. The molecule has 1 atom stereocenters. The first kappa shape index (κ1) is 16.5. The maximum absolute atomic E-state index is 11.8. The van der Waals surface area contributed by atoms with E-state index in [2.05, 4.69) is 12.2 Å². The number of carbonyl (C=O) groups excluding carboxylic acids is 1. The third kappa shape index (κ3) is 5.61. The molecular formula is C16H25NO3. The Morgan fingerprint density at radius 3 is 2.75 bits per heavy atom. The van der Waals surface area contributed by atoms with Crippen LogP contribution < -0.4 is 10.1 Å². The lowest BCUT2D eigenvalue weighted by Gasteiger charge is -2.17. The van der Waals surface area contributed by atoms with E-state index in [-0.39, 0.29) is 5.97 Å². The second-order valence-electron chi connectivity index (χ2n) is 4.57. The van der Waals surface area contributed by atoms with Crippen LogP contribution in [0.25, 0.3) is 0 Å². The number of carbonyl (C=O) groups is 1. The molecule has 0 amide bonds. The minimum absolute atomic E-state index is 0.286. The summed E-state index contributed by atoms with van der Waals surface area (Å²) < 4.78 is 10.8. The van der Waals surface area contributed by atoms with Crippen molar-refractivity contribution in [3.63, 3.8) is 0 Å². The normalized spacial score (nSPS) is 11.9. The van der Waals surface area contributed by atoms with Gasteiger partial charge in [-0.25, -0.2) is 4.79 Å². The largest absolute Gasteiger partial charge is 0.479 e. The van der Waals surface area contributed by atoms with Crippen molar-refractivity contribution < 1.29 is 14.3 Å². The van der Waals surface area contributed by atoms with Gasteiger partial charge in [0.25, 0.3) is 0 Å². The molecule has 0 aliphatic rings. The molecule has 0 aromatic heterocycles. The Kier molecular flexibility index (Phi) is 7.73. The third-order valence-electron chi connectivity index (χ3n) is 2.86. The molecule has 4 heteroatoms. The Labute approximate surface area is 121 Å². The highest BCUT2D eigenvalue weighted by atomic mass is 16.6. The van der Waals surface area contributed by atoms with E-state index in [1.807, 2.05) is 31.2 Å². The molecule has 0 bridgehead atoms. The lowest BCUT2D eigenvalue weighted by Crippen LogP contribution is -2.29. The number of benzene rings is 1. The first-order valence-corrected chi connectivity index (χ1v) is 7.34. The molecule has 20 heavy (non-hydrogen) atoms. The summed E-state index contributed by atoms with van der Waals surface area (Å²) >= 11 is 0. The van der Waals surface area contributed by atoms with Crippen molar-refractivity contribution in [3.8, 4) is 5.75 Å². The van der Waals surface area contributed by atoms with Crippen LogP contribution in [-0.4, -0.2) is 25.2 Å². The highest BCUT2D eigenvalue weighted by Crippen LogP contribution is 2.17. The molecule has 0 saturated carbocycles. The SMILES string of the molecule is CCCC(Oc1cccc(CNCC)c1)C(=O)OCC. The summed E-state index contributed by atoms with van der Waals surface area (Å²) in [7, 11) is 0. The van der Waals surface area contributed by atoms with Gasteiger partial charge in [-0.2, -0.15) is 0 Å². The van der Waals surface area contributed by atoms with Crippen LogP contribution in [0.2, 0.25) is 0 Å². The van der Waals surface area contributed by atoms with Crippen LogP contribution in [-0.2, 0) is 16.1 Å². The Bertz CT molecular complexity index is 406. The fourth-order valence-corrected chi connectivity index (χ4v) is 1.88. The molecule has 0 heterocycles. The van der Waals surface area contributed by atoms with Crippen LogP contribution >= 0.6 is 0 Å². The van der Waals surface area contributed by atoms with Crippen molar-refractivity contribution in [2.75, 3.05) is 13.2 Å². The fraction of sp³-hybridized carbons (Fsp3) is 0.562. The van der Waals surface area contributed by atoms with Crippen molar-refractivity contribution in [3.05, 3.63) is 29.8 Å². The maximum Gasteiger partial charge on any atom is 0.347 e. The van der Waals surface area contributed by atoms with Gasteiger partial charge in [0.1, 0.15) is 5.75 Å². The summed E-state index contributed by atoms with van der Waals surface area (Å²) in [4.78, 5) is 11.8. The van der Waals surface area contributed by atoms with Crippen LogP contribution in [0.5, 0.6) is 5.75 Å². The van der Waals surface area contributed by atoms with E-state index in [1.54, 1.807) is 6.92 Å². The Balaban J connectivity index is 2.69. The topological polar surface area (TPSA) is 47.6 Å². The molecule has 1 unspecified atom stereocenters. The van der Waals surface area contributed by atoms with Gasteiger partial charge in [0, 0.05) is 6.54 Å². The molecule has 0 spiro atoms. The van der Waals surface area contributed by atoms with Gasteiger partial charge in [0.15, 0.2) is 6.10 Å². The van der Waals surface area contributed by atoms with Crippen LogP contribution in [0, 0.1) is 0 Å². The Morgan fingerprint density at radius 2 is 2.10 bits per heavy atom.